The van der Waals surface area contributed by atoms with Crippen molar-refractivity contribution in [3.05, 3.63) is 34.2 Å². The molecule has 28 heavy (non-hydrogen) atoms. The van der Waals surface area contributed by atoms with E-state index in [1.54, 1.807) is 7.11 Å². The van der Waals surface area contributed by atoms with Crippen molar-refractivity contribution in [2.75, 3.05) is 13.7 Å². The van der Waals surface area contributed by atoms with E-state index in [0.29, 0.717) is 24.2 Å². The molecule has 2 heterocycles. The Labute approximate surface area is 171 Å². The number of amides is 1. The third kappa shape index (κ3) is 3.77. The maximum Gasteiger partial charge on any atom is 0.231 e. The smallest absolute Gasteiger partial charge is 0.231 e. The third-order valence-corrected chi connectivity index (χ3v) is 7.11. The van der Waals surface area contributed by atoms with Gasteiger partial charge >= 0.3 is 0 Å². The number of nitrogens with one attached hydrogen (secondary N) is 2. The van der Waals surface area contributed by atoms with Crippen LogP contribution in [0.4, 0.5) is 0 Å². The van der Waals surface area contributed by atoms with Crippen molar-refractivity contribution in [2.24, 2.45) is 17.8 Å². The van der Waals surface area contributed by atoms with Gasteiger partial charge in [0.25, 0.3) is 0 Å². The molecule has 4 atom stereocenters. The average Bonchev–Trinajstić information content (AvgIpc) is 3.03. The number of fused-ring (bicyclic) bond motifs is 2. The van der Waals surface area contributed by atoms with Gasteiger partial charge in [-0.25, -0.2) is 0 Å². The second kappa shape index (κ2) is 7.99. The number of hydrogen-bond acceptors (Lipinski definition) is 5. The first kappa shape index (κ1) is 19.6. The Balaban J connectivity index is 1.50. The fourth-order valence-corrected chi connectivity index (χ4v) is 5.93. The van der Waals surface area contributed by atoms with Crippen LogP contribution in [0.15, 0.2) is 28.7 Å². The van der Waals surface area contributed by atoms with Crippen LogP contribution in [0.5, 0.6) is 11.5 Å². The van der Waals surface area contributed by atoms with Gasteiger partial charge in [-0.05, 0) is 59.3 Å². The van der Waals surface area contributed by atoms with E-state index in [1.807, 2.05) is 30.0 Å². The van der Waals surface area contributed by atoms with Crippen LogP contribution in [0, 0.1) is 17.8 Å². The van der Waals surface area contributed by atoms with Crippen LogP contribution >= 0.6 is 11.8 Å². The normalized spacial score (nSPS) is 29.4. The fraction of sp³-hybridized carbons (Fsp3) is 0.591. The Morgan fingerprint density at radius 1 is 1.29 bits per heavy atom. The summed E-state index contributed by atoms with van der Waals surface area (Å²) in [5.41, 5.74) is 2.35. The number of hydrogen-bond donors (Lipinski definition) is 2. The molecule has 1 aromatic rings. The number of ether oxygens (including phenoxy) is 2. The van der Waals surface area contributed by atoms with Crippen LogP contribution < -0.4 is 20.1 Å². The van der Waals surface area contributed by atoms with E-state index in [9.17, 15) is 4.79 Å². The second-order valence-electron chi connectivity index (χ2n) is 8.54. The van der Waals surface area contributed by atoms with Gasteiger partial charge in [0, 0.05) is 0 Å². The van der Waals surface area contributed by atoms with E-state index in [2.05, 4.69) is 31.4 Å². The summed E-state index contributed by atoms with van der Waals surface area (Å²) in [5.74, 6) is 2.70. The molecule has 0 saturated carbocycles. The van der Waals surface area contributed by atoms with E-state index in [0.717, 1.165) is 24.2 Å². The molecule has 1 amide bonds. The standard InChI is InChI=1S/C22H30N2O3S/c1-12(2)11-27-16-8-6-14(10-17(16)26-4)20-23-21(25)19-15-7-5-13(3)9-18(15)28-22(19)24-20/h6,8,10,12-13,19-20,22,24H,5,7,9,11H2,1-4H3,(H,23,25). The van der Waals surface area contributed by atoms with Crippen LogP contribution in [-0.2, 0) is 4.79 Å². The zero-order valence-corrected chi connectivity index (χ0v) is 17.9. The summed E-state index contributed by atoms with van der Waals surface area (Å²) in [6.07, 6.45) is 3.14. The molecule has 0 bridgehead atoms. The molecule has 6 heteroatoms. The summed E-state index contributed by atoms with van der Waals surface area (Å²) >= 11 is 1.86. The quantitative estimate of drug-likeness (QED) is 0.773. The zero-order chi connectivity index (χ0) is 19.8. The molecule has 1 aromatic carbocycles. The summed E-state index contributed by atoms with van der Waals surface area (Å²) in [5, 5.41) is 6.94. The van der Waals surface area contributed by atoms with Gasteiger partial charge < -0.3 is 14.8 Å². The predicted molar refractivity (Wildman–Crippen MR) is 112 cm³/mol. The molecule has 1 saturated heterocycles. The van der Waals surface area contributed by atoms with Gasteiger partial charge in [-0.3, -0.25) is 10.1 Å². The molecular formula is C22H30N2O3S. The lowest BCUT2D eigenvalue weighted by Crippen LogP contribution is -2.54. The first-order valence-electron chi connectivity index (χ1n) is 10.2. The van der Waals surface area contributed by atoms with Gasteiger partial charge in [0.05, 0.1) is 25.0 Å². The van der Waals surface area contributed by atoms with Crippen LogP contribution in [-0.4, -0.2) is 25.0 Å². The molecule has 1 fully saturated rings. The topological polar surface area (TPSA) is 59.6 Å². The largest absolute Gasteiger partial charge is 0.493 e. The van der Waals surface area contributed by atoms with Crippen molar-refractivity contribution in [3.8, 4) is 11.5 Å². The lowest BCUT2D eigenvalue weighted by Gasteiger charge is -2.35. The molecule has 0 aromatic heterocycles. The minimum atomic E-state index is -0.215. The molecule has 152 valence electrons. The summed E-state index contributed by atoms with van der Waals surface area (Å²) in [4.78, 5) is 14.4. The minimum absolute atomic E-state index is 0.0284. The summed E-state index contributed by atoms with van der Waals surface area (Å²) in [7, 11) is 1.65. The Bertz CT molecular complexity index is 792. The van der Waals surface area contributed by atoms with Crippen molar-refractivity contribution in [1.29, 1.82) is 0 Å². The molecule has 1 aliphatic carbocycles. The highest BCUT2D eigenvalue weighted by Gasteiger charge is 2.46. The van der Waals surface area contributed by atoms with Crippen LogP contribution in [0.3, 0.4) is 0 Å². The Morgan fingerprint density at radius 3 is 2.86 bits per heavy atom. The van der Waals surface area contributed by atoms with E-state index in [-0.39, 0.29) is 23.4 Å². The highest BCUT2D eigenvalue weighted by atomic mass is 32.2. The number of carbonyl (C=O) groups excluding carboxylic acids is 1. The predicted octanol–water partition coefficient (Wildman–Crippen LogP) is 4.21. The van der Waals surface area contributed by atoms with Gasteiger partial charge in [0.15, 0.2) is 11.5 Å². The molecule has 0 spiro atoms. The van der Waals surface area contributed by atoms with Crippen LogP contribution in [0.1, 0.15) is 51.8 Å². The van der Waals surface area contributed by atoms with Crippen molar-refractivity contribution in [3.63, 3.8) is 0 Å². The van der Waals surface area contributed by atoms with Gasteiger partial charge in [-0.2, -0.15) is 0 Å². The third-order valence-electron chi connectivity index (χ3n) is 5.74. The Morgan fingerprint density at radius 2 is 2.11 bits per heavy atom. The first-order valence-corrected chi connectivity index (χ1v) is 11.1. The molecule has 2 aliphatic heterocycles. The number of carbonyl (C=O) groups is 1. The monoisotopic (exact) mass is 402 g/mol. The van der Waals surface area contributed by atoms with Crippen molar-refractivity contribution >= 4 is 17.7 Å². The summed E-state index contributed by atoms with van der Waals surface area (Å²) in [6.45, 7) is 7.18. The van der Waals surface area contributed by atoms with Crippen LogP contribution in [0.2, 0.25) is 0 Å². The second-order valence-corrected chi connectivity index (χ2v) is 9.77. The van der Waals surface area contributed by atoms with E-state index >= 15 is 0 Å². The van der Waals surface area contributed by atoms with Crippen molar-refractivity contribution in [2.45, 2.75) is 51.6 Å². The maximum atomic E-state index is 12.9. The highest BCUT2D eigenvalue weighted by Crippen LogP contribution is 2.51. The van der Waals surface area contributed by atoms with Crippen molar-refractivity contribution < 1.29 is 14.3 Å². The van der Waals surface area contributed by atoms with Gasteiger partial charge in [0.1, 0.15) is 6.17 Å². The number of benzene rings is 1. The maximum absolute atomic E-state index is 12.9. The average molecular weight is 403 g/mol. The van der Waals surface area contributed by atoms with Gasteiger partial charge in [0.2, 0.25) is 5.91 Å². The van der Waals surface area contributed by atoms with Gasteiger partial charge in [-0.1, -0.05) is 26.8 Å². The fourth-order valence-electron chi connectivity index (χ4n) is 4.23. The highest BCUT2D eigenvalue weighted by molar-refractivity contribution is 8.04. The van der Waals surface area contributed by atoms with E-state index in [1.165, 1.54) is 16.9 Å². The lowest BCUT2D eigenvalue weighted by atomic mass is 9.83. The number of allylic oxidation sites excluding steroid dienone is 1. The Kier molecular flexibility index (Phi) is 5.61. The molecule has 3 aliphatic rings. The summed E-state index contributed by atoms with van der Waals surface area (Å²) < 4.78 is 11.4. The van der Waals surface area contributed by atoms with Gasteiger partial charge in [-0.15, -0.1) is 11.8 Å². The molecular weight excluding hydrogens is 372 g/mol. The zero-order valence-electron chi connectivity index (χ0n) is 17.1. The van der Waals surface area contributed by atoms with E-state index in [4.69, 9.17) is 9.47 Å². The number of methoxy groups -OCH3 is 1. The van der Waals surface area contributed by atoms with Crippen LogP contribution in [0.25, 0.3) is 0 Å². The molecule has 4 unspecified atom stereocenters. The minimum Gasteiger partial charge on any atom is -0.493 e. The molecule has 0 radical (unpaired) electrons. The molecule has 5 nitrogen and oxygen atoms in total. The summed E-state index contributed by atoms with van der Waals surface area (Å²) in [6, 6.07) is 5.90. The number of rotatable bonds is 5. The number of thioether (sulfide) groups is 1. The SMILES string of the molecule is COc1cc(C2NC(=O)C3C4=C(CC(C)CC4)SC3N2)ccc1OCC(C)C. The van der Waals surface area contributed by atoms with E-state index < -0.39 is 0 Å². The first-order chi connectivity index (χ1) is 13.5. The Hall–Kier alpha value is -1.66. The van der Waals surface area contributed by atoms with Crippen molar-refractivity contribution in [1.82, 2.24) is 10.6 Å². The lowest BCUT2D eigenvalue weighted by molar-refractivity contribution is -0.127. The molecule has 4 rings (SSSR count). The molecule has 2 N–H and O–H groups in total.